The highest BCUT2D eigenvalue weighted by atomic mass is 32.1. The molecule has 2 aliphatic rings. The fourth-order valence-corrected chi connectivity index (χ4v) is 3.90. The fourth-order valence-electron chi connectivity index (χ4n) is 2.79. The average molecular weight is 309 g/mol. The predicted molar refractivity (Wildman–Crippen MR) is 84.5 cm³/mol. The molecule has 1 saturated carbocycles. The molecular weight excluding hydrogens is 286 g/mol. The Bertz CT molecular complexity index is 517. The summed E-state index contributed by atoms with van der Waals surface area (Å²) in [4.78, 5) is 21.1. The normalized spacial score (nSPS) is 20.2. The first-order valence-electron chi connectivity index (χ1n) is 7.76. The number of nitrogens with zero attached hydrogens (tertiary/aromatic N) is 3. The van der Waals surface area contributed by atoms with Gasteiger partial charge in [0.2, 0.25) is 0 Å². The highest BCUT2D eigenvalue weighted by Crippen LogP contribution is 2.32. The number of carboxylic acids is 1. The molecule has 3 rings (SSSR count). The molecule has 0 aromatic carbocycles. The van der Waals surface area contributed by atoms with Gasteiger partial charge in [0.25, 0.3) is 0 Å². The van der Waals surface area contributed by atoms with E-state index in [1.807, 2.05) is 13.8 Å². The Morgan fingerprint density at radius 2 is 2.00 bits per heavy atom. The van der Waals surface area contributed by atoms with E-state index in [1.165, 1.54) is 30.7 Å². The molecule has 1 aromatic heterocycles. The highest BCUT2D eigenvalue weighted by molar-refractivity contribution is 7.17. The van der Waals surface area contributed by atoms with Crippen LogP contribution in [0.2, 0.25) is 0 Å². The Kier molecular flexibility index (Phi) is 4.17. The minimum absolute atomic E-state index is 0.150. The van der Waals surface area contributed by atoms with Crippen molar-refractivity contribution in [2.24, 2.45) is 5.92 Å². The lowest BCUT2D eigenvalue weighted by Crippen LogP contribution is -2.47. The maximum Gasteiger partial charge on any atom is 0.347 e. The molecule has 0 amide bonds. The van der Waals surface area contributed by atoms with Gasteiger partial charge >= 0.3 is 5.97 Å². The van der Waals surface area contributed by atoms with Crippen molar-refractivity contribution in [3.8, 4) is 0 Å². The van der Waals surface area contributed by atoms with Gasteiger partial charge in [0, 0.05) is 32.7 Å². The summed E-state index contributed by atoms with van der Waals surface area (Å²) in [5, 5.41) is 10.2. The molecule has 5 nitrogen and oxygen atoms in total. The summed E-state index contributed by atoms with van der Waals surface area (Å²) in [6.07, 6.45) is 2.79. The average Bonchev–Trinajstić information content (AvgIpc) is 3.14. The van der Waals surface area contributed by atoms with Crippen LogP contribution in [0.5, 0.6) is 0 Å². The van der Waals surface area contributed by atoms with Crippen LogP contribution in [0.4, 0.5) is 5.13 Å². The number of thiazole rings is 1. The number of carboxylic acid groups (broad SMARTS) is 1. The van der Waals surface area contributed by atoms with Gasteiger partial charge in [-0.3, -0.25) is 4.90 Å². The molecule has 1 aliphatic carbocycles. The third kappa shape index (κ3) is 3.37. The molecule has 2 fully saturated rings. The predicted octanol–water partition coefficient (Wildman–Crippen LogP) is 2.50. The Balaban J connectivity index is 1.66. The lowest BCUT2D eigenvalue weighted by Gasteiger charge is -2.34. The van der Waals surface area contributed by atoms with Gasteiger partial charge in [0.15, 0.2) is 5.13 Å². The number of aromatic nitrogens is 1. The van der Waals surface area contributed by atoms with E-state index in [0.717, 1.165) is 42.9 Å². The number of piperazine rings is 1. The zero-order valence-electron chi connectivity index (χ0n) is 12.7. The van der Waals surface area contributed by atoms with Gasteiger partial charge in [-0.2, -0.15) is 0 Å². The quantitative estimate of drug-likeness (QED) is 0.905. The first-order chi connectivity index (χ1) is 10.0. The second kappa shape index (κ2) is 5.93. The van der Waals surface area contributed by atoms with Gasteiger partial charge in [-0.05, 0) is 24.7 Å². The van der Waals surface area contributed by atoms with Crippen LogP contribution < -0.4 is 4.90 Å². The third-order valence-electron chi connectivity index (χ3n) is 4.24. The third-order valence-corrected chi connectivity index (χ3v) is 5.36. The molecule has 1 N–H and O–H groups in total. The SMILES string of the molecule is CC(C)c1nc(N2CCN(CC3CC3)CC2)sc1C(=O)O. The smallest absolute Gasteiger partial charge is 0.347 e. The number of hydrogen-bond donors (Lipinski definition) is 1. The Morgan fingerprint density at radius 1 is 1.33 bits per heavy atom. The molecule has 0 bridgehead atoms. The van der Waals surface area contributed by atoms with Crippen LogP contribution in [0, 0.1) is 5.92 Å². The number of aromatic carboxylic acids is 1. The largest absolute Gasteiger partial charge is 0.477 e. The summed E-state index contributed by atoms with van der Waals surface area (Å²) >= 11 is 1.33. The molecule has 2 heterocycles. The standard InChI is InChI=1S/C15H23N3O2S/c1-10(2)12-13(14(19)20)21-15(16-12)18-7-5-17(6-8-18)9-11-3-4-11/h10-11H,3-9H2,1-2H3,(H,19,20). The maximum absolute atomic E-state index is 11.3. The van der Waals surface area contributed by atoms with Crippen LogP contribution in [0.1, 0.15) is 48.0 Å². The molecule has 1 aliphatic heterocycles. The summed E-state index contributed by atoms with van der Waals surface area (Å²) in [7, 11) is 0. The number of anilines is 1. The van der Waals surface area contributed by atoms with E-state index in [4.69, 9.17) is 0 Å². The van der Waals surface area contributed by atoms with Gasteiger partial charge in [-0.25, -0.2) is 9.78 Å². The molecular formula is C15H23N3O2S. The van der Waals surface area contributed by atoms with Crippen LogP contribution in [0.3, 0.4) is 0 Å². The van der Waals surface area contributed by atoms with E-state index in [1.54, 1.807) is 0 Å². The summed E-state index contributed by atoms with van der Waals surface area (Å²) in [6.45, 7) is 9.28. The Morgan fingerprint density at radius 3 is 2.48 bits per heavy atom. The Hall–Kier alpha value is -1.14. The number of hydrogen-bond acceptors (Lipinski definition) is 5. The van der Waals surface area contributed by atoms with Gasteiger partial charge in [-0.1, -0.05) is 25.2 Å². The van der Waals surface area contributed by atoms with Gasteiger partial charge in [-0.15, -0.1) is 0 Å². The minimum Gasteiger partial charge on any atom is -0.477 e. The molecule has 116 valence electrons. The van der Waals surface area contributed by atoms with Crippen molar-refractivity contribution in [1.29, 1.82) is 0 Å². The molecule has 0 radical (unpaired) electrons. The second-order valence-corrected chi connectivity index (χ2v) is 7.38. The van der Waals surface area contributed by atoms with Gasteiger partial charge in [0.1, 0.15) is 4.88 Å². The lowest BCUT2D eigenvalue weighted by molar-refractivity contribution is 0.0700. The molecule has 0 spiro atoms. The van der Waals surface area contributed by atoms with Gasteiger partial charge < -0.3 is 10.0 Å². The number of rotatable bonds is 5. The van der Waals surface area contributed by atoms with Crippen molar-refractivity contribution in [2.45, 2.75) is 32.6 Å². The monoisotopic (exact) mass is 309 g/mol. The van der Waals surface area contributed by atoms with Crippen molar-refractivity contribution < 1.29 is 9.90 Å². The van der Waals surface area contributed by atoms with Crippen molar-refractivity contribution in [1.82, 2.24) is 9.88 Å². The van der Waals surface area contributed by atoms with Crippen molar-refractivity contribution in [3.05, 3.63) is 10.6 Å². The first kappa shape index (κ1) is 14.8. The van der Waals surface area contributed by atoms with E-state index < -0.39 is 5.97 Å². The lowest BCUT2D eigenvalue weighted by atomic mass is 10.1. The van der Waals surface area contributed by atoms with Crippen LogP contribution >= 0.6 is 11.3 Å². The summed E-state index contributed by atoms with van der Waals surface area (Å²) in [5.41, 5.74) is 0.725. The molecule has 1 saturated heterocycles. The first-order valence-corrected chi connectivity index (χ1v) is 8.57. The van der Waals surface area contributed by atoms with Crippen LogP contribution in [-0.4, -0.2) is 53.7 Å². The summed E-state index contributed by atoms with van der Waals surface area (Å²) in [5.74, 6) is 0.231. The number of carbonyl (C=O) groups is 1. The van der Waals surface area contributed by atoms with Crippen molar-refractivity contribution in [3.63, 3.8) is 0 Å². The van der Waals surface area contributed by atoms with E-state index >= 15 is 0 Å². The topological polar surface area (TPSA) is 56.7 Å². The summed E-state index contributed by atoms with van der Waals surface area (Å²) in [6, 6.07) is 0. The fraction of sp³-hybridized carbons (Fsp3) is 0.733. The van der Waals surface area contributed by atoms with Crippen molar-refractivity contribution >= 4 is 22.4 Å². The zero-order chi connectivity index (χ0) is 15.0. The van der Waals surface area contributed by atoms with Crippen molar-refractivity contribution in [2.75, 3.05) is 37.6 Å². The highest BCUT2D eigenvalue weighted by Gasteiger charge is 2.28. The molecule has 21 heavy (non-hydrogen) atoms. The second-order valence-electron chi connectivity index (χ2n) is 6.40. The zero-order valence-corrected chi connectivity index (χ0v) is 13.5. The minimum atomic E-state index is -0.852. The molecule has 0 atom stereocenters. The molecule has 6 heteroatoms. The van der Waals surface area contributed by atoms with Crippen LogP contribution in [0.25, 0.3) is 0 Å². The summed E-state index contributed by atoms with van der Waals surface area (Å²) < 4.78 is 0. The molecule has 0 unspecified atom stereocenters. The van der Waals surface area contributed by atoms with E-state index in [-0.39, 0.29) is 5.92 Å². The van der Waals surface area contributed by atoms with E-state index in [0.29, 0.717) is 4.88 Å². The van der Waals surface area contributed by atoms with E-state index in [2.05, 4.69) is 14.8 Å². The maximum atomic E-state index is 11.3. The van der Waals surface area contributed by atoms with Crippen LogP contribution in [-0.2, 0) is 0 Å². The van der Waals surface area contributed by atoms with Gasteiger partial charge in [0.05, 0.1) is 5.69 Å². The Labute approximate surface area is 129 Å². The van der Waals surface area contributed by atoms with Crippen LogP contribution in [0.15, 0.2) is 0 Å². The molecule has 1 aromatic rings. The van der Waals surface area contributed by atoms with E-state index in [9.17, 15) is 9.90 Å².